The molecule has 0 fully saturated rings. The number of aryl methyl sites for hydroxylation is 2. The van der Waals surface area contributed by atoms with Gasteiger partial charge in [0.15, 0.2) is 0 Å². The van der Waals surface area contributed by atoms with Crippen LogP contribution in [0.3, 0.4) is 0 Å². The molecule has 4 rings (SSSR count). The molecule has 0 unspecified atom stereocenters. The molecule has 1 nitrogen and oxygen atoms in total. The Morgan fingerprint density at radius 1 is 0.867 bits per heavy atom. The van der Waals surface area contributed by atoms with E-state index >= 15 is 4.39 Å². The summed E-state index contributed by atoms with van der Waals surface area (Å²) >= 11 is 0. The molecule has 0 aliphatic heterocycles. The highest BCUT2D eigenvalue weighted by atomic mass is 19.1. The van der Waals surface area contributed by atoms with E-state index in [-0.39, 0.29) is 11.4 Å². The highest BCUT2D eigenvalue weighted by Gasteiger charge is 2.21. The Morgan fingerprint density at radius 2 is 1.63 bits per heavy atom. The molecule has 3 heteroatoms. The van der Waals surface area contributed by atoms with Crippen molar-refractivity contribution in [3.8, 4) is 28.3 Å². The van der Waals surface area contributed by atoms with Gasteiger partial charge in [0.05, 0.1) is 5.56 Å². The van der Waals surface area contributed by atoms with Crippen molar-refractivity contribution in [3.05, 3.63) is 82.4 Å². The van der Waals surface area contributed by atoms with Crippen LogP contribution in [0.5, 0.6) is 0 Å². The van der Waals surface area contributed by atoms with Gasteiger partial charge in [-0.15, -0.1) is 0 Å². The number of nitrogens with zero attached hydrogens (tertiary/aromatic N) is 1. The van der Waals surface area contributed by atoms with Gasteiger partial charge in [-0.05, 0) is 76.8 Å². The Balaban J connectivity index is 1.63. The summed E-state index contributed by atoms with van der Waals surface area (Å²) < 4.78 is 29.2. The molecule has 3 aromatic rings. The van der Waals surface area contributed by atoms with Gasteiger partial charge in [0, 0.05) is 0 Å². The fourth-order valence-electron chi connectivity index (χ4n) is 4.39. The molecule has 0 saturated carbocycles. The first-order chi connectivity index (χ1) is 14.6. The first-order valence-electron chi connectivity index (χ1n) is 10.8. The third-order valence-electron chi connectivity index (χ3n) is 6.09. The van der Waals surface area contributed by atoms with E-state index in [0.29, 0.717) is 6.42 Å². The number of nitriles is 1. The lowest BCUT2D eigenvalue weighted by atomic mass is 9.82. The quantitative estimate of drug-likeness (QED) is 0.395. The lowest BCUT2D eigenvalue weighted by Crippen LogP contribution is -2.08. The molecule has 1 aliphatic rings. The number of fused-ring (bicyclic) bond motifs is 3. The zero-order chi connectivity index (χ0) is 21.1. The van der Waals surface area contributed by atoms with Gasteiger partial charge in [-0.2, -0.15) is 5.26 Å². The van der Waals surface area contributed by atoms with Gasteiger partial charge < -0.3 is 0 Å². The average Bonchev–Trinajstić information content (AvgIpc) is 2.77. The molecule has 1 aliphatic carbocycles. The Bertz CT molecular complexity index is 1120. The predicted octanol–water partition coefficient (Wildman–Crippen LogP) is 7.39. The SMILES string of the molecule is CCCCCCc1ccc2c(c1F)CCc1cc(-c3ccc(C#N)c(F)c3)ccc1-2. The molecular weight excluding hydrogens is 376 g/mol. The summed E-state index contributed by atoms with van der Waals surface area (Å²) in [5, 5.41) is 8.92. The Morgan fingerprint density at radius 3 is 2.40 bits per heavy atom. The number of hydrogen-bond donors (Lipinski definition) is 0. The van der Waals surface area contributed by atoms with E-state index in [1.807, 2.05) is 24.3 Å². The topological polar surface area (TPSA) is 23.8 Å². The third kappa shape index (κ3) is 3.87. The Hall–Kier alpha value is -2.99. The second-order valence-electron chi connectivity index (χ2n) is 8.05. The summed E-state index contributed by atoms with van der Waals surface area (Å²) in [6, 6.07) is 16.6. The smallest absolute Gasteiger partial charge is 0.141 e. The summed E-state index contributed by atoms with van der Waals surface area (Å²) in [5.41, 5.74) is 6.55. The van der Waals surface area contributed by atoms with Crippen molar-refractivity contribution in [2.45, 2.75) is 51.9 Å². The van der Waals surface area contributed by atoms with Crippen LogP contribution in [0.15, 0.2) is 48.5 Å². The van der Waals surface area contributed by atoms with E-state index in [1.165, 1.54) is 25.0 Å². The van der Waals surface area contributed by atoms with Crippen LogP contribution in [0.4, 0.5) is 8.78 Å². The molecule has 0 amide bonds. The van der Waals surface area contributed by atoms with Crippen LogP contribution in [0.2, 0.25) is 0 Å². The van der Waals surface area contributed by atoms with Crippen LogP contribution in [0, 0.1) is 23.0 Å². The van der Waals surface area contributed by atoms with Crippen molar-refractivity contribution in [1.82, 2.24) is 0 Å². The summed E-state index contributed by atoms with van der Waals surface area (Å²) in [6.45, 7) is 2.18. The maximum atomic E-state index is 15.1. The van der Waals surface area contributed by atoms with Gasteiger partial charge in [0.25, 0.3) is 0 Å². The molecule has 0 radical (unpaired) electrons. The van der Waals surface area contributed by atoms with Crippen LogP contribution < -0.4 is 0 Å². The van der Waals surface area contributed by atoms with Crippen LogP contribution >= 0.6 is 0 Å². The molecule has 30 heavy (non-hydrogen) atoms. The fourth-order valence-corrected chi connectivity index (χ4v) is 4.39. The molecule has 152 valence electrons. The first-order valence-corrected chi connectivity index (χ1v) is 10.8. The molecule has 0 saturated heterocycles. The largest absolute Gasteiger partial charge is 0.206 e. The average molecular weight is 402 g/mol. The van der Waals surface area contributed by atoms with Crippen LogP contribution in [-0.4, -0.2) is 0 Å². The van der Waals surface area contributed by atoms with Crippen LogP contribution in [-0.2, 0) is 19.3 Å². The van der Waals surface area contributed by atoms with Crippen LogP contribution in [0.25, 0.3) is 22.3 Å². The van der Waals surface area contributed by atoms with Crippen molar-refractivity contribution in [2.24, 2.45) is 0 Å². The summed E-state index contributed by atoms with van der Waals surface area (Å²) in [4.78, 5) is 0. The molecule has 0 heterocycles. The molecule has 0 atom stereocenters. The van der Waals surface area contributed by atoms with Gasteiger partial charge in [-0.3, -0.25) is 0 Å². The van der Waals surface area contributed by atoms with Gasteiger partial charge in [-0.1, -0.05) is 62.6 Å². The third-order valence-corrected chi connectivity index (χ3v) is 6.09. The maximum Gasteiger partial charge on any atom is 0.141 e. The van der Waals surface area contributed by atoms with E-state index < -0.39 is 5.82 Å². The van der Waals surface area contributed by atoms with E-state index in [0.717, 1.165) is 64.6 Å². The fraction of sp³-hybridized carbons (Fsp3) is 0.296. The predicted molar refractivity (Wildman–Crippen MR) is 117 cm³/mol. The molecule has 0 aromatic heterocycles. The zero-order valence-corrected chi connectivity index (χ0v) is 17.3. The van der Waals surface area contributed by atoms with E-state index in [4.69, 9.17) is 5.26 Å². The number of halogens is 2. The van der Waals surface area contributed by atoms with Crippen molar-refractivity contribution >= 4 is 0 Å². The lowest BCUT2D eigenvalue weighted by molar-refractivity contribution is 0.578. The first kappa shape index (κ1) is 20.3. The molecule has 3 aromatic carbocycles. The molecule has 0 N–H and O–H groups in total. The highest BCUT2D eigenvalue weighted by molar-refractivity contribution is 5.78. The zero-order valence-electron chi connectivity index (χ0n) is 17.3. The number of benzene rings is 3. The van der Waals surface area contributed by atoms with E-state index in [9.17, 15) is 4.39 Å². The minimum absolute atomic E-state index is 0.0344. The van der Waals surface area contributed by atoms with Gasteiger partial charge in [0.2, 0.25) is 0 Å². The summed E-state index contributed by atoms with van der Waals surface area (Å²) in [6.07, 6.45) is 6.81. The van der Waals surface area contributed by atoms with Gasteiger partial charge in [-0.25, -0.2) is 8.78 Å². The van der Waals surface area contributed by atoms with Crippen molar-refractivity contribution in [2.75, 3.05) is 0 Å². The highest BCUT2D eigenvalue weighted by Crippen LogP contribution is 2.38. The minimum Gasteiger partial charge on any atom is -0.206 e. The van der Waals surface area contributed by atoms with Crippen molar-refractivity contribution < 1.29 is 8.78 Å². The number of rotatable bonds is 6. The summed E-state index contributed by atoms with van der Waals surface area (Å²) in [7, 11) is 0. The summed E-state index contributed by atoms with van der Waals surface area (Å²) in [5.74, 6) is -0.542. The Kier molecular flexibility index (Phi) is 5.95. The minimum atomic E-state index is -0.508. The van der Waals surface area contributed by atoms with Crippen molar-refractivity contribution in [3.63, 3.8) is 0 Å². The standard InChI is InChI=1S/C27H25F2N/c1-2-3-4-5-6-18-9-13-24-23-12-10-19(15-21(23)11-14-25(24)27(18)29)20-7-8-22(17-30)26(28)16-20/h7-10,12-13,15-16H,2-6,11,14H2,1H3. The molecule has 0 bridgehead atoms. The van der Waals surface area contributed by atoms with E-state index in [1.54, 1.807) is 6.07 Å². The monoisotopic (exact) mass is 401 g/mol. The van der Waals surface area contributed by atoms with Crippen molar-refractivity contribution in [1.29, 1.82) is 5.26 Å². The van der Waals surface area contributed by atoms with Crippen LogP contribution in [0.1, 0.15) is 54.9 Å². The normalized spacial score (nSPS) is 12.2. The number of hydrogen-bond acceptors (Lipinski definition) is 1. The number of unbranched alkanes of at least 4 members (excludes halogenated alkanes) is 3. The second-order valence-corrected chi connectivity index (χ2v) is 8.05. The van der Waals surface area contributed by atoms with E-state index in [2.05, 4.69) is 19.1 Å². The van der Waals surface area contributed by atoms with Gasteiger partial charge in [0.1, 0.15) is 17.7 Å². The molecular formula is C27H25F2N. The lowest BCUT2D eigenvalue weighted by Gasteiger charge is -2.22. The Labute approximate surface area is 177 Å². The maximum absolute atomic E-state index is 15.1. The molecule has 0 spiro atoms. The van der Waals surface area contributed by atoms with Gasteiger partial charge >= 0.3 is 0 Å². The second kappa shape index (κ2) is 8.79.